The predicted octanol–water partition coefficient (Wildman–Crippen LogP) is 2.75. The summed E-state index contributed by atoms with van der Waals surface area (Å²) < 4.78 is 1.99. The van der Waals surface area contributed by atoms with Gasteiger partial charge >= 0.3 is 0 Å². The highest BCUT2D eigenvalue weighted by molar-refractivity contribution is 5.57. The number of aryl methyl sites for hydroxylation is 3. The quantitative estimate of drug-likeness (QED) is 0.918. The molecule has 4 heteroatoms. The second kappa shape index (κ2) is 5.03. The molecule has 2 heterocycles. The molecule has 100 valence electrons. The Bertz CT molecular complexity index is 586. The summed E-state index contributed by atoms with van der Waals surface area (Å²) in [4.78, 5) is 4.57. The van der Waals surface area contributed by atoms with E-state index in [1.165, 1.54) is 17.7 Å². The molecule has 1 aromatic heterocycles. The largest absolute Gasteiger partial charge is 0.385 e. The van der Waals surface area contributed by atoms with Crippen molar-refractivity contribution in [3.63, 3.8) is 0 Å². The number of rotatable bonds is 3. The minimum Gasteiger partial charge on any atom is -0.385 e. The molecular formula is C15H20N4. The Morgan fingerprint density at radius 3 is 2.95 bits per heavy atom. The summed E-state index contributed by atoms with van der Waals surface area (Å²) >= 11 is 0. The smallest absolute Gasteiger partial charge is 0.151 e. The van der Waals surface area contributed by atoms with Crippen LogP contribution in [0.25, 0.3) is 5.69 Å². The van der Waals surface area contributed by atoms with Crippen molar-refractivity contribution in [2.24, 2.45) is 0 Å². The van der Waals surface area contributed by atoms with Gasteiger partial charge in [-0.2, -0.15) is 5.10 Å². The Morgan fingerprint density at radius 2 is 2.16 bits per heavy atom. The first kappa shape index (κ1) is 12.2. The van der Waals surface area contributed by atoms with E-state index in [-0.39, 0.29) is 0 Å². The van der Waals surface area contributed by atoms with Crippen molar-refractivity contribution < 1.29 is 0 Å². The lowest BCUT2D eigenvalue weighted by Crippen LogP contribution is -2.12. The van der Waals surface area contributed by atoms with E-state index in [2.05, 4.69) is 47.4 Å². The van der Waals surface area contributed by atoms with Crippen molar-refractivity contribution in [2.45, 2.75) is 39.5 Å². The third-order valence-electron chi connectivity index (χ3n) is 3.62. The summed E-state index contributed by atoms with van der Waals surface area (Å²) in [6, 6.07) is 6.54. The van der Waals surface area contributed by atoms with E-state index >= 15 is 0 Å². The van der Waals surface area contributed by atoms with Gasteiger partial charge in [-0.15, -0.1) is 0 Å². The Balaban J connectivity index is 2.04. The van der Waals surface area contributed by atoms with Gasteiger partial charge in [0.05, 0.1) is 5.69 Å². The Labute approximate surface area is 113 Å². The highest BCUT2D eigenvalue weighted by atomic mass is 15.3. The zero-order valence-corrected chi connectivity index (χ0v) is 11.6. The van der Waals surface area contributed by atoms with Crippen LogP contribution >= 0.6 is 0 Å². The van der Waals surface area contributed by atoms with Crippen LogP contribution in [0.3, 0.4) is 0 Å². The molecule has 3 rings (SSSR count). The van der Waals surface area contributed by atoms with Crippen LogP contribution in [0, 0.1) is 0 Å². The highest BCUT2D eigenvalue weighted by Gasteiger charge is 2.13. The molecule has 0 saturated carbocycles. The van der Waals surface area contributed by atoms with Crippen LogP contribution < -0.4 is 5.32 Å². The second-order valence-electron chi connectivity index (χ2n) is 4.93. The molecule has 1 aromatic carbocycles. The molecule has 0 unspecified atom stereocenters. The van der Waals surface area contributed by atoms with E-state index in [9.17, 15) is 0 Å². The maximum Gasteiger partial charge on any atom is 0.151 e. The lowest BCUT2D eigenvalue weighted by Gasteiger charge is -2.18. The van der Waals surface area contributed by atoms with Crippen LogP contribution in [0.4, 0.5) is 5.69 Å². The average molecular weight is 256 g/mol. The number of hydrogen-bond donors (Lipinski definition) is 1. The lowest BCUT2D eigenvalue weighted by molar-refractivity contribution is 0.782. The van der Waals surface area contributed by atoms with Crippen LogP contribution in [0.5, 0.6) is 0 Å². The van der Waals surface area contributed by atoms with Gasteiger partial charge in [-0.1, -0.05) is 13.8 Å². The van der Waals surface area contributed by atoms with Crippen LogP contribution in [0.1, 0.15) is 37.5 Å². The Hall–Kier alpha value is -1.84. The van der Waals surface area contributed by atoms with E-state index in [1.807, 2.05) is 4.68 Å². The van der Waals surface area contributed by atoms with E-state index in [1.54, 1.807) is 0 Å². The molecule has 0 spiro atoms. The lowest BCUT2D eigenvalue weighted by atomic mass is 10.0. The van der Waals surface area contributed by atoms with E-state index in [0.29, 0.717) is 0 Å². The topological polar surface area (TPSA) is 42.7 Å². The first-order valence-corrected chi connectivity index (χ1v) is 7.13. The van der Waals surface area contributed by atoms with E-state index in [4.69, 9.17) is 0 Å². The molecule has 0 amide bonds. The molecule has 0 aliphatic carbocycles. The molecular weight excluding hydrogens is 236 g/mol. The molecule has 0 radical (unpaired) electrons. The first-order valence-electron chi connectivity index (χ1n) is 7.13. The maximum atomic E-state index is 4.60. The van der Waals surface area contributed by atoms with Gasteiger partial charge in [0.25, 0.3) is 0 Å². The van der Waals surface area contributed by atoms with Gasteiger partial charge in [-0.3, -0.25) is 0 Å². The van der Waals surface area contributed by atoms with Crippen molar-refractivity contribution in [1.82, 2.24) is 14.8 Å². The number of fused-ring (bicyclic) bond motifs is 1. The summed E-state index contributed by atoms with van der Waals surface area (Å²) in [6.07, 6.45) is 4.14. The van der Waals surface area contributed by atoms with Gasteiger partial charge in [0.1, 0.15) is 5.82 Å². The van der Waals surface area contributed by atoms with Crippen molar-refractivity contribution in [2.75, 3.05) is 11.9 Å². The van der Waals surface area contributed by atoms with Gasteiger partial charge < -0.3 is 5.32 Å². The average Bonchev–Trinajstić information content (AvgIpc) is 2.90. The van der Waals surface area contributed by atoms with Gasteiger partial charge in [-0.25, -0.2) is 9.67 Å². The fourth-order valence-electron chi connectivity index (χ4n) is 2.57. The normalized spacial score (nSPS) is 14.0. The highest BCUT2D eigenvalue weighted by Crippen LogP contribution is 2.24. The summed E-state index contributed by atoms with van der Waals surface area (Å²) in [5.74, 6) is 1.97. The molecule has 1 aliphatic rings. The first-order chi connectivity index (χ1) is 9.31. The van der Waals surface area contributed by atoms with Crippen molar-refractivity contribution in [3.8, 4) is 5.69 Å². The number of benzene rings is 1. The number of anilines is 1. The van der Waals surface area contributed by atoms with Crippen LogP contribution in [-0.2, 0) is 19.3 Å². The fourth-order valence-corrected chi connectivity index (χ4v) is 2.57. The Kier molecular flexibility index (Phi) is 3.23. The summed E-state index contributed by atoms with van der Waals surface area (Å²) in [6.45, 7) is 5.30. The molecule has 19 heavy (non-hydrogen) atoms. The summed E-state index contributed by atoms with van der Waals surface area (Å²) in [7, 11) is 0. The SMILES string of the molecule is CCc1nc(CC)n(-c2ccc3c(c2)CCCN3)n1. The standard InChI is InChI=1S/C15H20N4/c1-3-14-17-15(4-2)19(18-14)12-7-8-13-11(10-12)6-5-9-16-13/h7-8,10,16H,3-6,9H2,1-2H3. The number of aromatic nitrogens is 3. The molecule has 1 N–H and O–H groups in total. The molecule has 4 nitrogen and oxygen atoms in total. The van der Waals surface area contributed by atoms with Gasteiger partial charge in [0, 0.05) is 25.1 Å². The third kappa shape index (κ3) is 2.23. The predicted molar refractivity (Wildman–Crippen MR) is 76.9 cm³/mol. The number of nitrogens with zero attached hydrogens (tertiary/aromatic N) is 3. The summed E-state index contributed by atoms with van der Waals surface area (Å²) in [5.41, 5.74) is 3.79. The van der Waals surface area contributed by atoms with Gasteiger partial charge in [0.2, 0.25) is 0 Å². The maximum absolute atomic E-state index is 4.60. The molecule has 2 aromatic rings. The van der Waals surface area contributed by atoms with Crippen molar-refractivity contribution >= 4 is 5.69 Å². The number of nitrogens with one attached hydrogen (secondary N) is 1. The second-order valence-corrected chi connectivity index (χ2v) is 4.93. The zero-order valence-electron chi connectivity index (χ0n) is 11.6. The van der Waals surface area contributed by atoms with Gasteiger partial charge in [0.15, 0.2) is 5.82 Å². The number of hydrogen-bond acceptors (Lipinski definition) is 3. The minimum atomic E-state index is 0.881. The van der Waals surface area contributed by atoms with Crippen LogP contribution in [0.15, 0.2) is 18.2 Å². The van der Waals surface area contributed by atoms with Crippen molar-refractivity contribution in [1.29, 1.82) is 0 Å². The zero-order chi connectivity index (χ0) is 13.2. The van der Waals surface area contributed by atoms with E-state index < -0.39 is 0 Å². The summed E-state index contributed by atoms with van der Waals surface area (Å²) in [5, 5.41) is 8.04. The molecule has 1 aliphatic heterocycles. The monoisotopic (exact) mass is 256 g/mol. The Morgan fingerprint density at radius 1 is 1.26 bits per heavy atom. The fraction of sp³-hybridized carbons (Fsp3) is 0.467. The van der Waals surface area contributed by atoms with E-state index in [0.717, 1.165) is 43.1 Å². The van der Waals surface area contributed by atoms with Gasteiger partial charge in [-0.05, 0) is 36.6 Å². The molecule has 0 fully saturated rings. The van der Waals surface area contributed by atoms with Crippen molar-refractivity contribution in [3.05, 3.63) is 35.4 Å². The minimum absolute atomic E-state index is 0.881. The van der Waals surface area contributed by atoms with Crippen LogP contribution in [-0.4, -0.2) is 21.3 Å². The third-order valence-corrected chi connectivity index (χ3v) is 3.62. The molecule has 0 bridgehead atoms. The van der Waals surface area contributed by atoms with Crippen LogP contribution in [0.2, 0.25) is 0 Å². The molecule has 0 saturated heterocycles. The molecule has 0 atom stereocenters.